The Kier molecular flexibility index (Phi) is 4.68. The minimum Gasteiger partial charge on any atom is -0.277 e. The van der Waals surface area contributed by atoms with Crippen molar-refractivity contribution in [1.82, 2.24) is 9.78 Å². The fourth-order valence-corrected chi connectivity index (χ4v) is 3.85. The summed E-state index contributed by atoms with van der Waals surface area (Å²) < 4.78 is 67.7. The van der Waals surface area contributed by atoms with Gasteiger partial charge in [-0.3, -0.25) is 4.72 Å². The third-order valence-corrected chi connectivity index (χ3v) is 5.31. The lowest BCUT2D eigenvalue weighted by Crippen LogP contribution is -2.16. The average molecular weight is 402 g/mol. The van der Waals surface area contributed by atoms with E-state index in [1.165, 1.54) is 35.3 Å². The van der Waals surface area contributed by atoms with E-state index in [0.29, 0.717) is 6.07 Å². The molecule has 1 N–H and O–H groups in total. The van der Waals surface area contributed by atoms with Gasteiger partial charge in [-0.25, -0.2) is 13.1 Å². The van der Waals surface area contributed by atoms with Gasteiger partial charge in [0.1, 0.15) is 4.90 Å². The largest absolute Gasteiger partial charge is 0.416 e. The van der Waals surface area contributed by atoms with Crippen molar-refractivity contribution in [3.8, 4) is 5.69 Å². The Hall–Kier alpha value is -2.52. The summed E-state index contributed by atoms with van der Waals surface area (Å²) in [5.41, 5.74) is -1.13. The first-order valence-corrected chi connectivity index (χ1v) is 9.03. The molecule has 1 aromatic heterocycles. The lowest BCUT2D eigenvalue weighted by atomic mass is 10.1. The van der Waals surface area contributed by atoms with Crippen molar-refractivity contribution < 1.29 is 21.6 Å². The molecule has 26 heavy (non-hydrogen) atoms. The molecule has 3 rings (SSSR count). The Bertz CT molecular complexity index is 1040. The molecule has 0 bridgehead atoms. The Morgan fingerprint density at radius 1 is 1.08 bits per heavy atom. The molecule has 0 radical (unpaired) electrons. The highest BCUT2D eigenvalue weighted by atomic mass is 35.5. The third kappa shape index (κ3) is 3.68. The summed E-state index contributed by atoms with van der Waals surface area (Å²) in [7, 11) is -4.21. The van der Waals surface area contributed by atoms with Gasteiger partial charge in [-0.1, -0.05) is 23.7 Å². The van der Waals surface area contributed by atoms with Gasteiger partial charge in [0, 0.05) is 12.4 Å². The van der Waals surface area contributed by atoms with Crippen molar-refractivity contribution in [3.63, 3.8) is 0 Å². The van der Waals surface area contributed by atoms with Crippen molar-refractivity contribution in [2.24, 2.45) is 0 Å². The van der Waals surface area contributed by atoms with E-state index >= 15 is 0 Å². The van der Waals surface area contributed by atoms with Gasteiger partial charge in [-0.05, 0) is 36.4 Å². The zero-order chi connectivity index (χ0) is 18.9. The SMILES string of the molecule is O=S(=O)(Nc1cc(C(F)(F)F)ccc1-n1cccn1)c1ccccc1Cl. The van der Waals surface area contributed by atoms with E-state index in [-0.39, 0.29) is 21.3 Å². The Morgan fingerprint density at radius 3 is 2.42 bits per heavy atom. The maximum atomic E-state index is 13.0. The van der Waals surface area contributed by atoms with Gasteiger partial charge in [-0.2, -0.15) is 18.3 Å². The maximum Gasteiger partial charge on any atom is 0.416 e. The number of nitrogens with zero attached hydrogens (tertiary/aromatic N) is 2. The molecular formula is C16H11ClF3N3O2S. The van der Waals surface area contributed by atoms with Crippen LogP contribution in [0.3, 0.4) is 0 Å². The summed E-state index contributed by atoms with van der Waals surface area (Å²) in [6.45, 7) is 0. The number of nitrogens with one attached hydrogen (secondary N) is 1. The third-order valence-electron chi connectivity index (χ3n) is 3.45. The van der Waals surface area contributed by atoms with Crippen LogP contribution in [0.5, 0.6) is 0 Å². The standard InChI is InChI=1S/C16H11ClF3N3O2S/c17-12-4-1-2-5-15(12)26(24,25)22-13-10-11(16(18,19)20)6-7-14(13)23-9-3-8-21-23/h1-10,22H. The van der Waals surface area contributed by atoms with Crippen LogP contribution < -0.4 is 4.72 Å². The monoisotopic (exact) mass is 401 g/mol. The van der Waals surface area contributed by atoms with Gasteiger partial charge >= 0.3 is 6.18 Å². The molecule has 0 unspecified atom stereocenters. The number of sulfonamides is 1. The first kappa shape index (κ1) is 18.3. The Balaban J connectivity index is 2.12. The molecule has 0 aliphatic heterocycles. The molecule has 0 saturated carbocycles. The van der Waals surface area contributed by atoms with E-state index in [2.05, 4.69) is 9.82 Å². The highest BCUT2D eigenvalue weighted by Gasteiger charge is 2.32. The fourth-order valence-electron chi connectivity index (χ4n) is 2.27. The van der Waals surface area contributed by atoms with E-state index in [1.807, 2.05) is 0 Å². The predicted octanol–water partition coefficient (Wildman–Crippen LogP) is 4.35. The van der Waals surface area contributed by atoms with Crippen LogP contribution in [0.4, 0.5) is 18.9 Å². The van der Waals surface area contributed by atoms with Crippen molar-refractivity contribution in [2.75, 3.05) is 4.72 Å². The van der Waals surface area contributed by atoms with Crippen LogP contribution in [0.25, 0.3) is 5.69 Å². The van der Waals surface area contributed by atoms with Gasteiger partial charge in [0.15, 0.2) is 0 Å². The van der Waals surface area contributed by atoms with E-state index < -0.39 is 21.8 Å². The lowest BCUT2D eigenvalue weighted by Gasteiger charge is -2.16. The Morgan fingerprint density at radius 2 is 1.81 bits per heavy atom. The number of hydrogen-bond donors (Lipinski definition) is 1. The van der Waals surface area contributed by atoms with Crippen LogP contribution in [-0.2, 0) is 16.2 Å². The van der Waals surface area contributed by atoms with Gasteiger partial charge < -0.3 is 0 Å². The van der Waals surface area contributed by atoms with E-state index in [4.69, 9.17) is 11.6 Å². The molecule has 1 heterocycles. The summed E-state index contributed by atoms with van der Waals surface area (Å²) in [6.07, 6.45) is -1.73. The normalized spacial score (nSPS) is 12.2. The van der Waals surface area contributed by atoms with Crippen LogP contribution in [0.2, 0.25) is 5.02 Å². The number of hydrogen-bond acceptors (Lipinski definition) is 3. The van der Waals surface area contributed by atoms with Crippen LogP contribution in [0, 0.1) is 0 Å². The van der Waals surface area contributed by atoms with Crippen molar-refractivity contribution in [3.05, 3.63) is 71.5 Å². The second-order valence-electron chi connectivity index (χ2n) is 5.22. The quantitative estimate of drug-likeness (QED) is 0.707. The number of alkyl halides is 3. The highest BCUT2D eigenvalue weighted by Crippen LogP contribution is 2.34. The minimum absolute atomic E-state index is 0.0485. The molecule has 0 atom stereocenters. The lowest BCUT2D eigenvalue weighted by molar-refractivity contribution is -0.137. The molecule has 0 amide bonds. The van der Waals surface area contributed by atoms with E-state index in [1.54, 1.807) is 12.1 Å². The highest BCUT2D eigenvalue weighted by molar-refractivity contribution is 7.92. The van der Waals surface area contributed by atoms with Crippen molar-refractivity contribution >= 4 is 27.3 Å². The first-order valence-electron chi connectivity index (χ1n) is 7.17. The second-order valence-corrected chi connectivity index (χ2v) is 7.27. The average Bonchev–Trinajstić information content (AvgIpc) is 3.08. The number of benzene rings is 2. The number of aromatic nitrogens is 2. The topological polar surface area (TPSA) is 64.0 Å². The van der Waals surface area contributed by atoms with Gasteiger partial charge in [-0.15, -0.1) is 0 Å². The van der Waals surface area contributed by atoms with Crippen LogP contribution in [0.1, 0.15) is 5.56 Å². The molecule has 2 aromatic carbocycles. The fraction of sp³-hybridized carbons (Fsp3) is 0.0625. The van der Waals surface area contributed by atoms with Crippen LogP contribution in [0.15, 0.2) is 65.8 Å². The molecule has 0 aliphatic rings. The molecule has 0 saturated heterocycles. The van der Waals surface area contributed by atoms with Gasteiger partial charge in [0.2, 0.25) is 0 Å². The molecule has 0 aliphatic carbocycles. The summed E-state index contributed by atoms with van der Waals surface area (Å²) in [4.78, 5) is -0.245. The number of anilines is 1. The first-order chi connectivity index (χ1) is 12.2. The number of halogens is 4. The second kappa shape index (κ2) is 6.65. The van der Waals surface area contributed by atoms with Gasteiger partial charge in [0.05, 0.1) is 22.0 Å². The van der Waals surface area contributed by atoms with Gasteiger partial charge in [0.25, 0.3) is 10.0 Å². The maximum absolute atomic E-state index is 13.0. The number of rotatable bonds is 4. The zero-order valence-corrected chi connectivity index (χ0v) is 14.5. The van der Waals surface area contributed by atoms with Crippen molar-refractivity contribution in [2.45, 2.75) is 11.1 Å². The Labute approximate surface area is 152 Å². The van der Waals surface area contributed by atoms with E-state index in [9.17, 15) is 21.6 Å². The molecule has 10 heteroatoms. The molecular weight excluding hydrogens is 391 g/mol. The molecule has 0 fully saturated rings. The molecule has 3 aromatic rings. The minimum atomic E-state index is -4.63. The predicted molar refractivity (Wildman–Crippen MR) is 90.8 cm³/mol. The summed E-state index contributed by atoms with van der Waals surface area (Å²) in [6, 6.07) is 9.89. The zero-order valence-electron chi connectivity index (χ0n) is 12.9. The van der Waals surface area contributed by atoms with Crippen LogP contribution in [-0.4, -0.2) is 18.2 Å². The van der Waals surface area contributed by atoms with Crippen LogP contribution >= 0.6 is 11.6 Å². The molecule has 136 valence electrons. The summed E-state index contributed by atoms with van der Waals surface area (Å²) >= 11 is 5.90. The smallest absolute Gasteiger partial charge is 0.277 e. The van der Waals surface area contributed by atoms with Crippen molar-refractivity contribution in [1.29, 1.82) is 0 Å². The molecule has 0 spiro atoms. The summed E-state index contributed by atoms with van der Waals surface area (Å²) in [5.74, 6) is 0. The molecule has 5 nitrogen and oxygen atoms in total. The summed E-state index contributed by atoms with van der Waals surface area (Å²) in [5, 5.41) is 3.89. The van der Waals surface area contributed by atoms with E-state index in [0.717, 1.165) is 12.1 Å².